The molecule has 32 heavy (non-hydrogen) atoms. The molecular formula is C23H22BrN3O5. The van der Waals surface area contributed by atoms with Crippen LogP contribution < -0.4 is 20.2 Å². The maximum Gasteiger partial charge on any atom is 0.273 e. The normalized spacial score (nSPS) is 10.8. The molecule has 0 aliphatic rings. The summed E-state index contributed by atoms with van der Waals surface area (Å²) in [7, 11) is 3.00. The molecule has 2 amide bonds. The van der Waals surface area contributed by atoms with Gasteiger partial charge in [0.1, 0.15) is 11.5 Å². The lowest BCUT2D eigenvalue weighted by Gasteiger charge is -2.12. The first kappa shape index (κ1) is 23.1. The molecule has 3 rings (SSSR count). The maximum absolute atomic E-state index is 12.8. The van der Waals surface area contributed by atoms with Crippen molar-refractivity contribution in [2.24, 2.45) is 5.10 Å². The highest BCUT2D eigenvalue weighted by Crippen LogP contribution is 2.28. The van der Waals surface area contributed by atoms with Gasteiger partial charge in [-0.2, -0.15) is 5.10 Å². The van der Waals surface area contributed by atoms with E-state index in [1.807, 2.05) is 19.9 Å². The molecular weight excluding hydrogens is 478 g/mol. The Kier molecular flexibility index (Phi) is 7.32. The number of carbonyl (C=O) groups is 2. The molecule has 0 atom stereocenters. The van der Waals surface area contributed by atoms with Gasteiger partial charge in [-0.1, -0.05) is 15.9 Å². The molecule has 0 aliphatic carbocycles. The van der Waals surface area contributed by atoms with E-state index in [9.17, 15) is 9.59 Å². The van der Waals surface area contributed by atoms with Crippen LogP contribution in [0.5, 0.6) is 11.5 Å². The van der Waals surface area contributed by atoms with Crippen molar-refractivity contribution < 1.29 is 23.5 Å². The monoisotopic (exact) mass is 499 g/mol. The molecule has 0 fully saturated rings. The minimum atomic E-state index is -0.495. The van der Waals surface area contributed by atoms with Crippen LogP contribution >= 0.6 is 15.9 Å². The van der Waals surface area contributed by atoms with Crippen LogP contribution in [0.1, 0.15) is 37.8 Å². The molecule has 9 heteroatoms. The van der Waals surface area contributed by atoms with Gasteiger partial charge in [-0.3, -0.25) is 9.59 Å². The molecule has 2 aromatic carbocycles. The van der Waals surface area contributed by atoms with Crippen LogP contribution in [0, 0.1) is 13.8 Å². The highest BCUT2D eigenvalue weighted by atomic mass is 79.9. The molecule has 0 spiro atoms. The number of benzene rings is 2. The number of ether oxygens (including phenoxy) is 2. The molecule has 0 bridgehead atoms. The first-order valence-electron chi connectivity index (χ1n) is 9.55. The van der Waals surface area contributed by atoms with Crippen molar-refractivity contribution in [2.45, 2.75) is 13.8 Å². The lowest BCUT2D eigenvalue weighted by atomic mass is 10.1. The number of hydrogen-bond donors (Lipinski definition) is 2. The third-order valence-corrected chi connectivity index (χ3v) is 5.16. The van der Waals surface area contributed by atoms with E-state index in [4.69, 9.17) is 13.9 Å². The fourth-order valence-corrected chi connectivity index (χ4v) is 3.23. The molecule has 0 saturated carbocycles. The lowest BCUT2D eigenvalue weighted by molar-refractivity contribution is 0.0956. The molecule has 0 saturated heterocycles. The van der Waals surface area contributed by atoms with Gasteiger partial charge >= 0.3 is 0 Å². The second-order valence-corrected chi connectivity index (χ2v) is 7.72. The highest BCUT2D eigenvalue weighted by Gasteiger charge is 2.16. The Morgan fingerprint density at radius 1 is 1.00 bits per heavy atom. The van der Waals surface area contributed by atoms with Crippen molar-refractivity contribution in [3.63, 3.8) is 0 Å². The van der Waals surface area contributed by atoms with Crippen molar-refractivity contribution in [2.75, 3.05) is 19.5 Å². The predicted octanol–water partition coefficient (Wildman–Crippen LogP) is 4.69. The van der Waals surface area contributed by atoms with Gasteiger partial charge < -0.3 is 19.2 Å². The summed E-state index contributed by atoms with van der Waals surface area (Å²) in [5, 5.41) is 6.70. The standard InChI is InChI=1S/C23H22BrN3O5/c1-13-9-17(32-14(13)2)12-25-27-23(29)18-11-16(24)6-7-19(18)26-22(28)15-5-8-20(30-3)21(10-15)31-4/h5-12H,1-4H3,(H,26,28)(H,27,29)/b25-12+. The van der Waals surface area contributed by atoms with Gasteiger partial charge in [0.05, 0.1) is 31.7 Å². The van der Waals surface area contributed by atoms with Crippen LogP contribution in [-0.4, -0.2) is 32.2 Å². The van der Waals surface area contributed by atoms with Gasteiger partial charge in [-0.05, 0) is 61.9 Å². The molecule has 0 aliphatic heterocycles. The third-order valence-electron chi connectivity index (χ3n) is 4.66. The number of hydrogen-bond acceptors (Lipinski definition) is 6. The Hall–Kier alpha value is -3.59. The smallest absolute Gasteiger partial charge is 0.273 e. The number of methoxy groups -OCH3 is 2. The highest BCUT2D eigenvalue weighted by molar-refractivity contribution is 9.10. The summed E-state index contributed by atoms with van der Waals surface area (Å²) in [6.45, 7) is 3.77. The van der Waals surface area contributed by atoms with E-state index in [-0.39, 0.29) is 5.56 Å². The first-order chi connectivity index (χ1) is 15.3. The quantitative estimate of drug-likeness (QED) is 0.362. The number of nitrogens with zero attached hydrogens (tertiary/aromatic N) is 1. The zero-order valence-corrected chi connectivity index (χ0v) is 19.6. The van der Waals surface area contributed by atoms with E-state index in [0.29, 0.717) is 33.0 Å². The lowest BCUT2D eigenvalue weighted by Crippen LogP contribution is -2.21. The average molecular weight is 500 g/mol. The summed E-state index contributed by atoms with van der Waals surface area (Å²) in [6.07, 6.45) is 1.41. The van der Waals surface area contributed by atoms with E-state index >= 15 is 0 Å². The van der Waals surface area contributed by atoms with Gasteiger partial charge in [0.2, 0.25) is 0 Å². The third kappa shape index (κ3) is 5.36. The number of hydrazone groups is 1. The van der Waals surface area contributed by atoms with Gasteiger partial charge in [-0.25, -0.2) is 5.43 Å². The number of carbonyl (C=O) groups excluding carboxylic acids is 2. The molecule has 166 valence electrons. The Morgan fingerprint density at radius 2 is 1.75 bits per heavy atom. The Morgan fingerprint density at radius 3 is 2.41 bits per heavy atom. The maximum atomic E-state index is 12.8. The molecule has 1 aromatic heterocycles. The largest absolute Gasteiger partial charge is 0.493 e. The zero-order valence-electron chi connectivity index (χ0n) is 18.0. The number of aryl methyl sites for hydroxylation is 2. The summed E-state index contributed by atoms with van der Waals surface area (Å²) in [6, 6.07) is 11.6. The minimum absolute atomic E-state index is 0.233. The van der Waals surface area contributed by atoms with Crippen LogP contribution in [0.15, 0.2) is 56.5 Å². The second-order valence-electron chi connectivity index (χ2n) is 6.80. The van der Waals surface area contributed by atoms with Gasteiger partial charge in [0.25, 0.3) is 11.8 Å². The predicted molar refractivity (Wildman–Crippen MR) is 125 cm³/mol. The Balaban J connectivity index is 1.78. The van der Waals surface area contributed by atoms with E-state index in [2.05, 4.69) is 31.8 Å². The van der Waals surface area contributed by atoms with Gasteiger partial charge in [0, 0.05) is 10.0 Å². The first-order valence-corrected chi connectivity index (χ1v) is 10.3. The second kappa shape index (κ2) is 10.1. The molecule has 3 aromatic rings. The van der Waals surface area contributed by atoms with Crippen molar-refractivity contribution in [1.82, 2.24) is 5.43 Å². The van der Waals surface area contributed by atoms with Crippen LogP contribution in [0.4, 0.5) is 5.69 Å². The molecule has 0 unspecified atom stereocenters. The van der Waals surface area contributed by atoms with E-state index in [1.165, 1.54) is 20.4 Å². The van der Waals surface area contributed by atoms with Crippen LogP contribution in [-0.2, 0) is 0 Å². The fraction of sp³-hybridized carbons (Fsp3) is 0.174. The van der Waals surface area contributed by atoms with Gasteiger partial charge in [-0.15, -0.1) is 0 Å². The Labute approximate surface area is 193 Å². The number of rotatable bonds is 7. The molecule has 1 heterocycles. The van der Waals surface area contributed by atoms with Crippen LogP contribution in [0.3, 0.4) is 0 Å². The molecule has 2 N–H and O–H groups in total. The van der Waals surface area contributed by atoms with Crippen LogP contribution in [0.25, 0.3) is 0 Å². The van der Waals surface area contributed by atoms with Crippen molar-refractivity contribution in [1.29, 1.82) is 0 Å². The van der Waals surface area contributed by atoms with Crippen molar-refractivity contribution in [3.05, 3.63) is 75.1 Å². The zero-order chi connectivity index (χ0) is 23.3. The minimum Gasteiger partial charge on any atom is -0.493 e. The van der Waals surface area contributed by atoms with Crippen LogP contribution in [0.2, 0.25) is 0 Å². The average Bonchev–Trinajstić information content (AvgIpc) is 3.11. The summed E-state index contributed by atoms with van der Waals surface area (Å²) < 4.78 is 16.6. The van der Waals surface area contributed by atoms with E-state index in [1.54, 1.807) is 36.4 Å². The number of nitrogens with one attached hydrogen (secondary N) is 2. The molecule has 8 nitrogen and oxygen atoms in total. The summed E-state index contributed by atoms with van der Waals surface area (Å²) in [5.74, 6) is 1.33. The van der Waals surface area contributed by atoms with E-state index < -0.39 is 11.8 Å². The number of furan rings is 1. The van der Waals surface area contributed by atoms with Gasteiger partial charge in [0.15, 0.2) is 11.5 Å². The molecule has 0 radical (unpaired) electrons. The Bertz CT molecular complexity index is 1170. The topological polar surface area (TPSA) is 102 Å². The summed E-state index contributed by atoms with van der Waals surface area (Å²) in [4.78, 5) is 25.5. The van der Waals surface area contributed by atoms with Crippen molar-refractivity contribution >= 4 is 39.6 Å². The SMILES string of the molecule is COc1ccc(C(=O)Nc2ccc(Br)cc2C(=O)N/N=C/c2cc(C)c(C)o2)cc1OC. The number of anilines is 1. The number of halogens is 1. The van der Waals surface area contributed by atoms with Crippen molar-refractivity contribution in [3.8, 4) is 11.5 Å². The summed E-state index contributed by atoms with van der Waals surface area (Å²) in [5.41, 5.74) is 4.35. The summed E-state index contributed by atoms with van der Waals surface area (Å²) >= 11 is 3.35. The fourth-order valence-electron chi connectivity index (χ4n) is 2.87. The van der Waals surface area contributed by atoms with E-state index in [0.717, 1.165) is 11.3 Å². The number of amides is 2.